The van der Waals surface area contributed by atoms with Gasteiger partial charge in [0.1, 0.15) is 0 Å². The Hall–Kier alpha value is -1.11. The van der Waals surface area contributed by atoms with E-state index in [4.69, 9.17) is 10.5 Å². The monoisotopic (exact) mass is 353 g/mol. The number of fused-ring (bicyclic) bond motifs is 1. The van der Waals surface area contributed by atoms with Crippen LogP contribution in [0, 0.1) is 5.92 Å². The molecule has 114 valence electrons. The molecule has 0 bridgehead atoms. The van der Waals surface area contributed by atoms with Crippen molar-refractivity contribution in [2.45, 2.75) is 25.5 Å². The molecule has 1 aliphatic rings. The van der Waals surface area contributed by atoms with Crippen LogP contribution >= 0.6 is 15.9 Å². The summed E-state index contributed by atoms with van der Waals surface area (Å²) in [6.45, 7) is 2.77. The van der Waals surface area contributed by atoms with Crippen LogP contribution in [0.2, 0.25) is 0 Å². The number of nitrogens with two attached hydrogens (primary N) is 1. The van der Waals surface area contributed by atoms with Crippen molar-refractivity contribution in [2.75, 3.05) is 6.61 Å². The molecule has 5 nitrogen and oxygen atoms in total. The van der Waals surface area contributed by atoms with E-state index in [1.807, 2.05) is 12.1 Å². The number of benzene rings is 1. The van der Waals surface area contributed by atoms with Gasteiger partial charge in [0, 0.05) is 30.5 Å². The largest absolute Gasteiger partial charge is 0.378 e. The fourth-order valence-electron chi connectivity index (χ4n) is 3.15. The molecule has 1 aromatic heterocycles. The summed E-state index contributed by atoms with van der Waals surface area (Å²) in [6.07, 6.45) is 1.24. The van der Waals surface area contributed by atoms with Crippen molar-refractivity contribution < 1.29 is 4.74 Å². The Morgan fingerprint density at radius 1 is 1.33 bits per heavy atom. The Bertz CT molecular complexity index is 749. The highest BCUT2D eigenvalue weighted by Crippen LogP contribution is 2.35. The number of ether oxygens (including phenoxy) is 1. The molecule has 0 amide bonds. The summed E-state index contributed by atoms with van der Waals surface area (Å²) in [5, 5.41) is 0. The molecule has 2 aromatic rings. The minimum Gasteiger partial charge on any atom is -0.378 e. The van der Waals surface area contributed by atoms with Gasteiger partial charge in [-0.2, -0.15) is 0 Å². The van der Waals surface area contributed by atoms with Gasteiger partial charge in [0.05, 0.1) is 23.7 Å². The maximum Gasteiger partial charge on any atom is 0.328 e. The molecule has 1 saturated heterocycles. The highest BCUT2D eigenvalue weighted by molar-refractivity contribution is 9.10. The molecule has 1 fully saturated rings. The van der Waals surface area contributed by atoms with E-state index in [1.165, 1.54) is 0 Å². The smallest absolute Gasteiger partial charge is 0.328 e. The fourth-order valence-corrected chi connectivity index (χ4v) is 3.74. The Morgan fingerprint density at radius 2 is 1.95 bits per heavy atom. The Balaban J connectivity index is 2.09. The van der Waals surface area contributed by atoms with E-state index in [9.17, 15) is 4.79 Å². The van der Waals surface area contributed by atoms with Crippen molar-refractivity contribution in [3.63, 3.8) is 0 Å². The number of nitrogens with zero attached hydrogens (tertiary/aromatic N) is 2. The number of hydrogen-bond donors (Lipinski definition) is 1. The molecule has 0 spiro atoms. The van der Waals surface area contributed by atoms with E-state index in [2.05, 4.69) is 22.9 Å². The van der Waals surface area contributed by atoms with Crippen LogP contribution in [0.3, 0.4) is 0 Å². The van der Waals surface area contributed by atoms with Gasteiger partial charge in [-0.25, -0.2) is 4.79 Å². The second-order valence-electron chi connectivity index (χ2n) is 5.93. The van der Waals surface area contributed by atoms with Crippen LogP contribution in [0.4, 0.5) is 0 Å². The number of hydrogen-bond acceptors (Lipinski definition) is 3. The van der Waals surface area contributed by atoms with Crippen LogP contribution in [0.1, 0.15) is 24.9 Å². The normalized spacial score (nSPS) is 23.9. The Labute approximate surface area is 131 Å². The van der Waals surface area contributed by atoms with Crippen molar-refractivity contribution in [3.05, 3.63) is 32.7 Å². The minimum absolute atomic E-state index is 0.0274. The third kappa shape index (κ3) is 2.35. The lowest BCUT2D eigenvalue weighted by molar-refractivity contribution is 0.118. The molecule has 1 aromatic carbocycles. The first kappa shape index (κ1) is 14.8. The first-order chi connectivity index (χ1) is 9.90. The summed E-state index contributed by atoms with van der Waals surface area (Å²) in [5.74, 6) is 0.314. The van der Waals surface area contributed by atoms with Gasteiger partial charge < -0.3 is 10.5 Å². The fraction of sp³-hybridized carbons (Fsp3) is 0.533. The highest BCUT2D eigenvalue weighted by atomic mass is 79.9. The van der Waals surface area contributed by atoms with Crippen LogP contribution < -0.4 is 11.4 Å². The van der Waals surface area contributed by atoms with E-state index in [-0.39, 0.29) is 17.8 Å². The van der Waals surface area contributed by atoms with E-state index in [0.717, 1.165) is 27.5 Å². The first-order valence-electron chi connectivity index (χ1n) is 7.12. The van der Waals surface area contributed by atoms with Crippen LogP contribution in [-0.4, -0.2) is 21.8 Å². The number of aryl methyl sites for hydroxylation is 2. The van der Waals surface area contributed by atoms with Crippen molar-refractivity contribution in [2.24, 2.45) is 25.7 Å². The van der Waals surface area contributed by atoms with Crippen molar-refractivity contribution in [1.29, 1.82) is 0 Å². The van der Waals surface area contributed by atoms with Gasteiger partial charge in [-0.15, -0.1) is 0 Å². The van der Waals surface area contributed by atoms with E-state index < -0.39 is 0 Å². The van der Waals surface area contributed by atoms with E-state index in [1.54, 1.807) is 23.2 Å². The summed E-state index contributed by atoms with van der Waals surface area (Å²) in [7, 11) is 3.57. The zero-order valence-corrected chi connectivity index (χ0v) is 14.1. The molecule has 3 unspecified atom stereocenters. The molecule has 2 heterocycles. The van der Waals surface area contributed by atoms with Crippen molar-refractivity contribution in [1.82, 2.24) is 9.13 Å². The number of aromatic nitrogens is 2. The topological polar surface area (TPSA) is 62.2 Å². The zero-order chi connectivity index (χ0) is 15.3. The summed E-state index contributed by atoms with van der Waals surface area (Å²) >= 11 is 3.60. The van der Waals surface area contributed by atoms with E-state index in [0.29, 0.717) is 12.5 Å². The van der Waals surface area contributed by atoms with Crippen LogP contribution in [-0.2, 0) is 18.8 Å². The molecular weight excluding hydrogens is 334 g/mol. The lowest BCUT2D eigenvalue weighted by Gasteiger charge is -2.20. The SMILES string of the molecule is CC1CC(C(N)c2cc3c(cc2Br)n(C)c(=O)n3C)CO1. The molecule has 0 saturated carbocycles. The zero-order valence-electron chi connectivity index (χ0n) is 12.5. The molecule has 6 heteroatoms. The molecule has 0 radical (unpaired) electrons. The molecule has 2 N–H and O–H groups in total. The quantitative estimate of drug-likeness (QED) is 0.898. The Morgan fingerprint density at radius 3 is 2.52 bits per heavy atom. The van der Waals surface area contributed by atoms with Gasteiger partial charge in [0.15, 0.2) is 0 Å². The van der Waals surface area contributed by atoms with Crippen molar-refractivity contribution >= 4 is 27.0 Å². The lowest BCUT2D eigenvalue weighted by atomic mass is 9.91. The number of rotatable bonds is 2. The molecule has 3 atom stereocenters. The molecule has 0 aliphatic carbocycles. The van der Waals surface area contributed by atoms with Crippen LogP contribution in [0.25, 0.3) is 11.0 Å². The third-order valence-corrected chi connectivity index (χ3v) is 5.17. The van der Waals surface area contributed by atoms with Gasteiger partial charge >= 0.3 is 5.69 Å². The standard InChI is InChI=1S/C15H20BrN3O2/c1-8-4-9(7-21-8)14(17)10-5-12-13(6-11(10)16)19(3)15(20)18(12)2/h5-6,8-9,14H,4,7,17H2,1-3H3. The van der Waals surface area contributed by atoms with E-state index >= 15 is 0 Å². The predicted octanol–water partition coefficient (Wildman–Crippen LogP) is 2.06. The van der Waals surface area contributed by atoms with Gasteiger partial charge in [0.25, 0.3) is 0 Å². The molecule has 21 heavy (non-hydrogen) atoms. The minimum atomic E-state index is -0.0935. The average molecular weight is 354 g/mol. The third-order valence-electron chi connectivity index (χ3n) is 4.49. The average Bonchev–Trinajstić information content (AvgIpc) is 2.97. The van der Waals surface area contributed by atoms with Crippen LogP contribution in [0.15, 0.2) is 21.4 Å². The van der Waals surface area contributed by atoms with Gasteiger partial charge in [-0.1, -0.05) is 15.9 Å². The first-order valence-corrected chi connectivity index (χ1v) is 7.91. The highest BCUT2D eigenvalue weighted by Gasteiger charge is 2.29. The summed E-state index contributed by atoms with van der Waals surface area (Å²) < 4.78 is 9.88. The molecular formula is C15H20BrN3O2. The number of imidazole rings is 1. The molecule has 3 rings (SSSR count). The van der Waals surface area contributed by atoms with Gasteiger partial charge in [0.2, 0.25) is 0 Å². The molecule has 1 aliphatic heterocycles. The predicted molar refractivity (Wildman–Crippen MR) is 86.3 cm³/mol. The summed E-state index contributed by atoms with van der Waals surface area (Å²) in [5.41, 5.74) is 9.26. The van der Waals surface area contributed by atoms with Gasteiger partial charge in [-0.3, -0.25) is 9.13 Å². The summed E-state index contributed by atoms with van der Waals surface area (Å²) in [6, 6.07) is 3.91. The number of halogens is 1. The van der Waals surface area contributed by atoms with Gasteiger partial charge in [-0.05, 0) is 31.0 Å². The summed E-state index contributed by atoms with van der Waals surface area (Å²) in [4.78, 5) is 12.0. The second kappa shape index (κ2) is 5.26. The maximum absolute atomic E-state index is 12.0. The van der Waals surface area contributed by atoms with Crippen LogP contribution in [0.5, 0.6) is 0 Å². The Kier molecular flexibility index (Phi) is 3.71. The van der Waals surface area contributed by atoms with Crippen molar-refractivity contribution in [3.8, 4) is 0 Å². The second-order valence-corrected chi connectivity index (χ2v) is 6.78. The maximum atomic E-state index is 12.0. The lowest BCUT2D eigenvalue weighted by Crippen LogP contribution is -2.22.